The highest BCUT2D eigenvalue weighted by Gasteiger charge is 2.26. The van der Waals surface area contributed by atoms with Crippen LogP contribution in [0.25, 0.3) is 6.08 Å². The van der Waals surface area contributed by atoms with E-state index in [2.05, 4.69) is 26.0 Å². The summed E-state index contributed by atoms with van der Waals surface area (Å²) in [6.45, 7) is 6.95. The van der Waals surface area contributed by atoms with Gasteiger partial charge in [-0.1, -0.05) is 44.2 Å². The molecule has 0 unspecified atom stereocenters. The number of rotatable bonds is 4. The number of allylic oxidation sites excluding steroid dienone is 5. The van der Waals surface area contributed by atoms with Gasteiger partial charge in [-0.3, -0.25) is 0 Å². The number of ether oxygens (including phenoxy) is 1. The Morgan fingerprint density at radius 2 is 1.79 bits per heavy atom. The maximum Gasteiger partial charge on any atom is 0.132 e. The van der Waals surface area contributed by atoms with Gasteiger partial charge in [0, 0.05) is 0 Å². The molecule has 0 fully saturated rings. The highest BCUT2D eigenvalue weighted by atomic mass is 16.5. The monoisotopic (exact) mass is 318 g/mol. The number of hydrogen-bond donors (Lipinski definition) is 0. The average Bonchev–Trinajstić information content (AvgIpc) is 2.54. The minimum absolute atomic E-state index is 0.0432. The van der Waals surface area contributed by atoms with Crippen molar-refractivity contribution < 1.29 is 4.74 Å². The van der Waals surface area contributed by atoms with Gasteiger partial charge in [0.25, 0.3) is 0 Å². The summed E-state index contributed by atoms with van der Waals surface area (Å²) in [6.07, 6.45) is 7.79. The lowest BCUT2D eigenvalue weighted by Crippen LogP contribution is -2.17. The zero-order valence-corrected chi connectivity index (χ0v) is 14.5. The van der Waals surface area contributed by atoms with E-state index in [1.807, 2.05) is 49.4 Å². The molecule has 1 aliphatic carbocycles. The molecule has 0 radical (unpaired) electrons. The number of nitriles is 2. The summed E-state index contributed by atoms with van der Waals surface area (Å²) in [6, 6.07) is 12.0. The van der Waals surface area contributed by atoms with Crippen LogP contribution in [-0.2, 0) is 0 Å². The zero-order valence-electron chi connectivity index (χ0n) is 14.5. The van der Waals surface area contributed by atoms with Crippen molar-refractivity contribution in [3.8, 4) is 17.9 Å². The molecule has 2 rings (SSSR count). The summed E-state index contributed by atoms with van der Waals surface area (Å²) in [5.41, 5.74) is 3.33. The van der Waals surface area contributed by atoms with Crippen molar-refractivity contribution in [2.45, 2.75) is 33.6 Å². The molecule has 0 aliphatic heterocycles. The maximum absolute atomic E-state index is 9.12. The minimum atomic E-state index is 0.0432. The SMILES string of the molecule is CCOc1ccc(C=CC2=CC(=C(C#N)C#N)CC(C)(C)C2)cc1. The summed E-state index contributed by atoms with van der Waals surface area (Å²) in [5.74, 6) is 0.866. The smallest absolute Gasteiger partial charge is 0.132 e. The second-order valence-electron chi connectivity index (χ2n) is 6.70. The van der Waals surface area contributed by atoms with Crippen LogP contribution in [0.3, 0.4) is 0 Å². The predicted molar refractivity (Wildman–Crippen MR) is 96.0 cm³/mol. The Hall–Kier alpha value is -2.78. The molecule has 3 heteroatoms. The van der Waals surface area contributed by atoms with E-state index in [1.165, 1.54) is 0 Å². The van der Waals surface area contributed by atoms with E-state index in [9.17, 15) is 0 Å². The van der Waals surface area contributed by atoms with Gasteiger partial charge in [-0.25, -0.2) is 0 Å². The van der Waals surface area contributed by atoms with Crippen LogP contribution in [-0.4, -0.2) is 6.61 Å². The standard InChI is InChI=1S/C21H22N2O/c1-4-24-20-9-7-16(8-10-20)5-6-17-11-18(19(14-22)15-23)13-21(2,3)12-17/h5-11H,4,12-13H2,1-3H3. The molecule has 0 atom stereocenters. The Morgan fingerprint density at radius 3 is 2.38 bits per heavy atom. The zero-order chi connectivity index (χ0) is 17.6. The van der Waals surface area contributed by atoms with Crippen LogP contribution in [0.4, 0.5) is 0 Å². The minimum Gasteiger partial charge on any atom is -0.494 e. The molecule has 0 amide bonds. The first-order chi connectivity index (χ1) is 11.5. The number of nitrogens with zero attached hydrogens (tertiary/aromatic N) is 2. The second kappa shape index (κ2) is 7.66. The van der Waals surface area contributed by atoms with E-state index in [0.29, 0.717) is 6.61 Å². The fraction of sp³-hybridized carbons (Fsp3) is 0.333. The molecule has 0 saturated heterocycles. The van der Waals surface area contributed by atoms with E-state index in [1.54, 1.807) is 0 Å². The van der Waals surface area contributed by atoms with Crippen molar-refractivity contribution in [2.24, 2.45) is 5.41 Å². The lowest BCUT2D eigenvalue weighted by atomic mass is 9.74. The molecule has 1 aliphatic rings. The fourth-order valence-electron chi connectivity index (χ4n) is 2.94. The summed E-state index contributed by atoms with van der Waals surface area (Å²) >= 11 is 0. The summed E-state index contributed by atoms with van der Waals surface area (Å²) in [7, 11) is 0. The Balaban J connectivity index is 2.25. The first kappa shape index (κ1) is 17.6. The van der Waals surface area contributed by atoms with E-state index in [4.69, 9.17) is 15.3 Å². The molecule has 3 nitrogen and oxygen atoms in total. The highest BCUT2D eigenvalue weighted by molar-refractivity contribution is 5.56. The molecule has 122 valence electrons. The molecule has 0 saturated carbocycles. The Kier molecular flexibility index (Phi) is 5.61. The third-order valence-electron chi connectivity index (χ3n) is 3.94. The van der Waals surface area contributed by atoms with Crippen molar-refractivity contribution >= 4 is 6.08 Å². The van der Waals surface area contributed by atoms with Crippen LogP contribution < -0.4 is 4.74 Å². The van der Waals surface area contributed by atoms with Crippen molar-refractivity contribution in [3.05, 3.63) is 58.7 Å². The second-order valence-corrected chi connectivity index (χ2v) is 6.70. The Bertz CT molecular complexity index is 750. The number of benzene rings is 1. The van der Waals surface area contributed by atoms with Gasteiger partial charge in [0.05, 0.1) is 6.61 Å². The topological polar surface area (TPSA) is 56.8 Å². The first-order valence-electron chi connectivity index (χ1n) is 8.12. The van der Waals surface area contributed by atoms with Crippen LogP contribution in [0.5, 0.6) is 5.75 Å². The normalized spacial score (nSPS) is 16.2. The third-order valence-corrected chi connectivity index (χ3v) is 3.94. The van der Waals surface area contributed by atoms with Crippen LogP contribution in [0.1, 0.15) is 39.2 Å². The Labute approximate surface area is 144 Å². The molecule has 1 aromatic carbocycles. The third kappa shape index (κ3) is 4.61. The molecular weight excluding hydrogens is 296 g/mol. The summed E-state index contributed by atoms with van der Waals surface area (Å²) in [5, 5.41) is 18.2. The molecule has 0 spiro atoms. The van der Waals surface area contributed by atoms with Crippen molar-refractivity contribution in [1.29, 1.82) is 10.5 Å². The van der Waals surface area contributed by atoms with Crippen LogP contribution in [0.15, 0.2) is 53.1 Å². The molecule has 0 heterocycles. The van der Waals surface area contributed by atoms with Gasteiger partial charge in [0.1, 0.15) is 23.5 Å². The largest absolute Gasteiger partial charge is 0.494 e. The predicted octanol–water partition coefficient (Wildman–Crippen LogP) is 5.19. The lowest BCUT2D eigenvalue weighted by molar-refractivity contribution is 0.340. The van der Waals surface area contributed by atoms with Gasteiger partial charge in [-0.05, 0) is 54.0 Å². The molecule has 0 bridgehead atoms. The van der Waals surface area contributed by atoms with Gasteiger partial charge in [-0.15, -0.1) is 0 Å². The molecular formula is C21H22N2O. The van der Waals surface area contributed by atoms with Gasteiger partial charge < -0.3 is 4.74 Å². The van der Waals surface area contributed by atoms with Crippen molar-refractivity contribution in [1.82, 2.24) is 0 Å². The summed E-state index contributed by atoms with van der Waals surface area (Å²) in [4.78, 5) is 0. The van der Waals surface area contributed by atoms with E-state index in [0.717, 1.165) is 35.3 Å². The van der Waals surface area contributed by atoms with Gasteiger partial charge in [0.15, 0.2) is 0 Å². The maximum atomic E-state index is 9.12. The Morgan fingerprint density at radius 1 is 1.12 bits per heavy atom. The van der Waals surface area contributed by atoms with E-state index in [-0.39, 0.29) is 11.0 Å². The van der Waals surface area contributed by atoms with E-state index < -0.39 is 0 Å². The number of hydrogen-bond acceptors (Lipinski definition) is 3. The molecule has 0 N–H and O–H groups in total. The highest BCUT2D eigenvalue weighted by Crippen LogP contribution is 2.39. The first-order valence-corrected chi connectivity index (χ1v) is 8.12. The fourth-order valence-corrected chi connectivity index (χ4v) is 2.94. The quantitative estimate of drug-likeness (QED) is 0.718. The molecule has 0 aromatic heterocycles. The molecule has 1 aromatic rings. The van der Waals surface area contributed by atoms with Crippen LogP contribution >= 0.6 is 0 Å². The van der Waals surface area contributed by atoms with Crippen molar-refractivity contribution in [3.63, 3.8) is 0 Å². The van der Waals surface area contributed by atoms with Crippen LogP contribution in [0, 0.1) is 28.1 Å². The van der Waals surface area contributed by atoms with Gasteiger partial charge in [-0.2, -0.15) is 10.5 Å². The molecule has 24 heavy (non-hydrogen) atoms. The summed E-state index contributed by atoms with van der Waals surface area (Å²) < 4.78 is 5.44. The van der Waals surface area contributed by atoms with Crippen molar-refractivity contribution in [2.75, 3.05) is 6.61 Å². The van der Waals surface area contributed by atoms with Gasteiger partial charge >= 0.3 is 0 Å². The van der Waals surface area contributed by atoms with Gasteiger partial charge in [0.2, 0.25) is 0 Å². The average molecular weight is 318 g/mol. The van der Waals surface area contributed by atoms with Crippen LogP contribution in [0.2, 0.25) is 0 Å². The lowest BCUT2D eigenvalue weighted by Gasteiger charge is -2.30. The van der Waals surface area contributed by atoms with E-state index >= 15 is 0 Å².